The van der Waals surface area contributed by atoms with Crippen LogP contribution in [-0.2, 0) is 14.8 Å². The molecule has 1 aromatic heterocycles. The molecular formula is C21H30N6O3S. The van der Waals surface area contributed by atoms with Crippen LogP contribution in [0.15, 0.2) is 35.5 Å². The number of hydrogen-bond donors (Lipinski definition) is 0. The summed E-state index contributed by atoms with van der Waals surface area (Å²) < 4.78 is 29.1. The number of rotatable bonds is 6. The molecule has 0 N–H and O–H groups in total. The second kappa shape index (κ2) is 9.44. The van der Waals surface area contributed by atoms with Crippen molar-refractivity contribution in [2.75, 3.05) is 19.6 Å². The van der Waals surface area contributed by atoms with E-state index in [0.717, 1.165) is 19.4 Å². The molecule has 1 aromatic carbocycles. The molecule has 4 rings (SSSR count). The Labute approximate surface area is 183 Å². The van der Waals surface area contributed by atoms with Gasteiger partial charge in [0.15, 0.2) is 0 Å². The zero-order valence-electron chi connectivity index (χ0n) is 17.9. The summed E-state index contributed by atoms with van der Waals surface area (Å²) in [5.74, 6) is 0.118. The Morgan fingerprint density at radius 3 is 2.32 bits per heavy atom. The molecule has 1 saturated carbocycles. The van der Waals surface area contributed by atoms with E-state index in [1.807, 2.05) is 11.8 Å². The Kier molecular flexibility index (Phi) is 6.66. The molecule has 2 heterocycles. The minimum absolute atomic E-state index is 0.0875. The van der Waals surface area contributed by atoms with Crippen molar-refractivity contribution >= 4 is 15.9 Å². The summed E-state index contributed by atoms with van der Waals surface area (Å²) in [7, 11) is -3.60. The molecule has 2 fully saturated rings. The molecule has 0 atom stereocenters. The van der Waals surface area contributed by atoms with Gasteiger partial charge in [0.1, 0.15) is 6.33 Å². The first-order chi connectivity index (χ1) is 15.0. The number of aromatic nitrogens is 4. The quantitative estimate of drug-likeness (QED) is 0.674. The van der Waals surface area contributed by atoms with Gasteiger partial charge in [0.2, 0.25) is 15.9 Å². The predicted octanol–water partition coefficient (Wildman–Crippen LogP) is 2.24. The second-order valence-electron chi connectivity index (χ2n) is 8.34. The summed E-state index contributed by atoms with van der Waals surface area (Å²) in [6, 6.07) is 6.87. The lowest BCUT2D eigenvalue weighted by atomic mass is 9.91. The van der Waals surface area contributed by atoms with E-state index in [4.69, 9.17) is 0 Å². The zero-order chi connectivity index (χ0) is 21.8. The smallest absolute Gasteiger partial charge is 0.243 e. The number of tetrazole rings is 1. The summed E-state index contributed by atoms with van der Waals surface area (Å²) in [5, 5.41) is 11.0. The summed E-state index contributed by atoms with van der Waals surface area (Å²) in [4.78, 5) is 15.4. The second-order valence-corrected chi connectivity index (χ2v) is 10.3. The highest BCUT2D eigenvalue weighted by atomic mass is 32.2. The number of amides is 1. The standard InChI is InChI=1S/C21H30N6O3S/c1-2-26(18-6-4-3-5-7-18)21(28)17-12-14-25(15-13-17)31(29,30)20-10-8-19(9-11-20)27-16-22-23-24-27/h8-11,16-18H,2-7,12-15H2,1H3. The lowest BCUT2D eigenvalue weighted by Gasteiger charge is -2.38. The monoisotopic (exact) mass is 446 g/mol. The summed E-state index contributed by atoms with van der Waals surface area (Å²) in [5.41, 5.74) is 0.690. The Bertz CT molecular complexity index is 963. The van der Waals surface area contributed by atoms with Crippen LogP contribution >= 0.6 is 0 Å². The lowest BCUT2D eigenvalue weighted by molar-refractivity contribution is -0.139. The Morgan fingerprint density at radius 1 is 1.06 bits per heavy atom. The van der Waals surface area contributed by atoms with Gasteiger partial charge in [0.25, 0.3) is 0 Å². The number of carbonyl (C=O) groups excluding carboxylic acids is 1. The van der Waals surface area contributed by atoms with Gasteiger partial charge in [-0.05, 0) is 67.3 Å². The predicted molar refractivity (Wildman–Crippen MR) is 115 cm³/mol. The van der Waals surface area contributed by atoms with Crippen molar-refractivity contribution in [3.05, 3.63) is 30.6 Å². The third-order valence-electron chi connectivity index (χ3n) is 6.53. The van der Waals surface area contributed by atoms with E-state index in [-0.39, 0.29) is 16.7 Å². The van der Waals surface area contributed by atoms with Crippen LogP contribution in [0.5, 0.6) is 0 Å². The van der Waals surface area contributed by atoms with Gasteiger partial charge in [-0.25, -0.2) is 13.1 Å². The first-order valence-corrected chi connectivity index (χ1v) is 12.6. The van der Waals surface area contributed by atoms with Gasteiger partial charge in [0, 0.05) is 31.6 Å². The van der Waals surface area contributed by atoms with Crippen LogP contribution < -0.4 is 0 Å². The molecule has 0 radical (unpaired) electrons. The van der Waals surface area contributed by atoms with Crippen molar-refractivity contribution in [1.29, 1.82) is 0 Å². The van der Waals surface area contributed by atoms with Crippen molar-refractivity contribution < 1.29 is 13.2 Å². The molecular weight excluding hydrogens is 416 g/mol. The van der Waals surface area contributed by atoms with E-state index < -0.39 is 10.0 Å². The number of hydrogen-bond acceptors (Lipinski definition) is 6. The SMILES string of the molecule is CCN(C(=O)C1CCN(S(=O)(=O)c2ccc(-n3cnnn3)cc2)CC1)C1CCCCC1. The van der Waals surface area contributed by atoms with Crippen molar-refractivity contribution in [3.8, 4) is 5.69 Å². The van der Waals surface area contributed by atoms with Crippen LogP contribution in [0.1, 0.15) is 51.9 Å². The van der Waals surface area contributed by atoms with Crippen molar-refractivity contribution in [1.82, 2.24) is 29.4 Å². The number of benzene rings is 1. The fourth-order valence-corrected chi connectivity index (χ4v) is 6.23. The summed E-state index contributed by atoms with van der Waals surface area (Å²) in [6.07, 6.45) is 8.43. The van der Waals surface area contributed by atoms with Crippen LogP contribution in [0.4, 0.5) is 0 Å². The molecule has 1 aliphatic carbocycles. The average Bonchev–Trinajstić information content (AvgIpc) is 3.35. The molecule has 1 amide bonds. The fourth-order valence-electron chi connectivity index (χ4n) is 4.76. The molecule has 168 valence electrons. The van der Waals surface area contributed by atoms with Gasteiger partial charge < -0.3 is 4.90 Å². The van der Waals surface area contributed by atoms with Crippen LogP contribution in [0.25, 0.3) is 5.69 Å². The fraction of sp³-hybridized carbons (Fsp3) is 0.619. The number of nitrogens with zero attached hydrogens (tertiary/aromatic N) is 6. The molecule has 1 aliphatic heterocycles. The minimum Gasteiger partial charge on any atom is -0.340 e. The highest BCUT2D eigenvalue weighted by Gasteiger charge is 2.35. The van der Waals surface area contributed by atoms with Gasteiger partial charge in [-0.1, -0.05) is 19.3 Å². The van der Waals surface area contributed by atoms with E-state index in [2.05, 4.69) is 15.5 Å². The Morgan fingerprint density at radius 2 is 1.74 bits per heavy atom. The van der Waals surface area contributed by atoms with Gasteiger partial charge in [0.05, 0.1) is 10.6 Å². The molecule has 2 aromatic rings. The molecule has 1 saturated heterocycles. The van der Waals surface area contributed by atoms with Crippen LogP contribution in [-0.4, -0.2) is 69.4 Å². The van der Waals surface area contributed by atoms with E-state index in [1.165, 1.54) is 34.6 Å². The first-order valence-electron chi connectivity index (χ1n) is 11.1. The highest BCUT2D eigenvalue weighted by molar-refractivity contribution is 7.89. The van der Waals surface area contributed by atoms with E-state index >= 15 is 0 Å². The highest BCUT2D eigenvalue weighted by Crippen LogP contribution is 2.29. The van der Waals surface area contributed by atoms with Crippen molar-refractivity contribution in [2.45, 2.75) is 62.8 Å². The van der Waals surface area contributed by atoms with E-state index in [1.54, 1.807) is 24.3 Å². The number of sulfonamides is 1. The van der Waals surface area contributed by atoms with Crippen LogP contribution in [0.3, 0.4) is 0 Å². The van der Waals surface area contributed by atoms with Gasteiger partial charge in [-0.3, -0.25) is 4.79 Å². The maximum atomic E-state index is 13.1. The molecule has 10 heteroatoms. The number of piperidine rings is 1. The normalized spacial score (nSPS) is 19.4. The average molecular weight is 447 g/mol. The maximum Gasteiger partial charge on any atom is 0.243 e. The van der Waals surface area contributed by atoms with Crippen molar-refractivity contribution in [2.24, 2.45) is 5.92 Å². The Balaban J connectivity index is 1.38. The van der Waals surface area contributed by atoms with Gasteiger partial charge in [-0.15, -0.1) is 5.10 Å². The molecule has 0 spiro atoms. The molecule has 2 aliphatic rings. The minimum atomic E-state index is -3.60. The molecule has 0 bridgehead atoms. The van der Waals surface area contributed by atoms with Crippen LogP contribution in [0.2, 0.25) is 0 Å². The summed E-state index contributed by atoms with van der Waals surface area (Å²) >= 11 is 0. The largest absolute Gasteiger partial charge is 0.340 e. The Hall–Kier alpha value is -2.33. The number of carbonyl (C=O) groups is 1. The topological polar surface area (TPSA) is 101 Å². The molecule has 0 unspecified atom stereocenters. The lowest BCUT2D eigenvalue weighted by Crippen LogP contribution is -2.48. The first kappa shape index (κ1) is 21.9. The van der Waals surface area contributed by atoms with Gasteiger partial charge >= 0.3 is 0 Å². The third kappa shape index (κ3) is 4.64. The van der Waals surface area contributed by atoms with E-state index in [9.17, 15) is 13.2 Å². The van der Waals surface area contributed by atoms with Crippen LogP contribution in [0, 0.1) is 5.92 Å². The zero-order valence-corrected chi connectivity index (χ0v) is 18.7. The summed E-state index contributed by atoms with van der Waals surface area (Å²) in [6.45, 7) is 3.52. The van der Waals surface area contributed by atoms with Crippen molar-refractivity contribution in [3.63, 3.8) is 0 Å². The van der Waals surface area contributed by atoms with E-state index in [0.29, 0.717) is 37.7 Å². The molecule has 31 heavy (non-hydrogen) atoms. The molecule has 9 nitrogen and oxygen atoms in total. The third-order valence-corrected chi connectivity index (χ3v) is 8.44. The maximum absolute atomic E-state index is 13.1. The van der Waals surface area contributed by atoms with Gasteiger partial charge in [-0.2, -0.15) is 4.31 Å².